The molecular weight excluding hydrogens is 407 g/mol. The Labute approximate surface area is 189 Å². The quantitative estimate of drug-likeness (QED) is 0.574. The molecule has 0 aromatic heterocycles. The van der Waals surface area contributed by atoms with Gasteiger partial charge >= 0.3 is 0 Å². The first kappa shape index (κ1) is 22.3. The van der Waals surface area contributed by atoms with Gasteiger partial charge in [0.2, 0.25) is 5.96 Å². The number of rotatable bonds is 4. The first-order chi connectivity index (χ1) is 15.6. The largest absolute Gasteiger partial charge is 0.497 e. The predicted molar refractivity (Wildman–Crippen MR) is 124 cm³/mol. The molecule has 4 rings (SSSR count). The summed E-state index contributed by atoms with van der Waals surface area (Å²) in [7, 11) is 1.59. The van der Waals surface area contributed by atoms with E-state index >= 15 is 0 Å². The molecular formula is C25H31FN4O2. The third kappa shape index (κ3) is 5.65. The molecule has 1 saturated heterocycles. The maximum atomic E-state index is 13.3. The van der Waals surface area contributed by atoms with Gasteiger partial charge in [0, 0.05) is 37.8 Å². The Kier molecular flexibility index (Phi) is 7.37. The number of nitrogens with zero attached hydrogens (tertiary/aromatic N) is 3. The minimum absolute atomic E-state index is 0.233. The summed E-state index contributed by atoms with van der Waals surface area (Å²) in [5.74, 6) is 0.651. The fraction of sp³-hybridized carbons (Fsp3) is 0.440. The van der Waals surface area contributed by atoms with Gasteiger partial charge in [-0.25, -0.2) is 9.38 Å². The Morgan fingerprint density at radius 1 is 0.969 bits per heavy atom. The van der Waals surface area contributed by atoms with Crippen LogP contribution in [0.2, 0.25) is 0 Å². The first-order valence-electron chi connectivity index (χ1n) is 11.4. The maximum absolute atomic E-state index is 13.3. The zero-order chi connectivity index (χ0) is 22.3. The van der Waals surface area contributed by atoms with Gasteiger partial charge in [0.05, 0.1) is 12.8 Å². The normalized spacial score (nSPS) is 18.4. The monoisotopic (exact) mass is 438 g/mol. The van der Waals surface area contributed by atoms with Crippen molar-refractivity contribution in [2.24, 2.45) is 4.99 Å². The fourth-order valence-corrected chi connectivity index (χ4v) is 4.48. The third-order valence-electron chi connectivity index (χ3n) is 6.34. The lowest BCUT2D eigenvalue weighted by Crippen LogP contribution is -2.55. The van der Waals surface area contributed by atoms with Crippen LogP contribution in [0, 0.1) is 5.82 Å². The Morgan fingerprint density at radius 2 is 1.62 bits per heavy atom. The summed E-state index contributed by atoms with van der Waals surface area (Å²) in [5.41, 5.74) is 1.13. The predicted octanol–water partition coefficient (Wildman–Crippen LogP) is 4.20. The zero-order valence-electron chi connectivity index (χ0n) is 18.6. The van der Waals surface area contributed by atoms with E-state index in [1.807, 2.05) is 0 Å². The number of piperazine rings is 1. The number of carbonyl (C=O) groups is 1. The first-order valence-corrected chi connectivity index (χ1v) is 11.4. The molecule has 0 bridgehead atoms. The lowest BCUT2D eigenvalue weighted by molar-refractivity contribution is 0.0943. The number of halogens is 1. The lowest BCUT2D eigenvalue weighted by atomic mass is 9.94. The Hall–Kier alpha value is -2.93. The molecule has 0 spiro atoms. The molecule has 2 fully saturated rings. The van der Waals surface area contributed by atoms with Crippen LogP contribution in [0.25, 0.3) is 0 Å². The second kappa shape index (κ2) is 10.6. The van der Waals surface area contributed by atoms with Crippen molar-refractivity contribution in [3.8, 4) is 5.75 Å². The summed E-state index contributed by atoms with van der Waals surface area (Å²) in [6.45, 7) is 3.48. The number of carbonyl (C=O) groups excluding carboxylic acids is 1. The molecule has 170 valence electrons. The molecule has 1 N–H and O–H groups in total. The molecule has 1 heterocycles. The molecule has 1 amide bonds. The van der Waals surface area contributed by atoms with Gasteiger partial charge in [0.25, 0.3) is 5.91 Å². The summed E-state index contributed by atoms with van der Waals surface area (Å²) in [6.07, 6.45) is 6.55. The third-order valence-corrected chi connectivity index (χ3v) is 6.34. The van der Waals surface area contributed by atoms with Crippen LogP contribution < -0.4 is 10.1 Å². The highest BCUT2D eigenvalue weighted by molar-refractivity contribution is 6.06. The van der Waals surface area contributed by atoms with E-state index in [2.05, 4.69) is 20.1 Å². The molecule has 2 aromatic rings. The van der Waals surface area contributed by atoms with Crippen LogP contribution >= 0.6 is 0 Å². The summed E-state index contributed by atoms with van der Waals surface area (Å²) < 4.78 is 18.5. The van der Waals surface area contributed by atoms with Gasteiger partial charge in [-0.1, -0.05) is 19.3 Å². The molecule has 0 atom stereocenters. The Balaban J connectivity index is 1.48. The summed E-state index contributed by atoms with van der Waals surface area (Å²) in [5, 5.41) is 2.98. The van der Waals surface area contributed by atoms with E-state index in [1.165, 1.54) is 44.2 Å². The molecule has 32 heavy (non-hydrogen) atoms. The minimum Gasteiger partial charge on any atom is -0.497 e. The smallest absolute Gasteiger partial charge is 0.257 e. The maximum Gasteiger partial charge on any atom is 0.257 e. The highest BCUT2D eigenvalue weighted by atomic mass is 19.1. The second-order valence-corrected chi connectivity index (χ2v) is 8.41. The van der Waals surface area contributed by atoms with E-state index in [4.69, 9.17) is 4.74 Å². The average molecular weight is 439 g/mol. The van der Waals surface area contributed by atoms with Crippen LogP contribution in [0.5, 0.6) is 5.75 Å². The summed E-state index contributed by atoms with van der Waals surface area (Å²) >= 11 is 0. The van der Waals surface area contributed by atoms with Crippen molar-refractivity contribution < 1.29 is 13.9 Å². The Morgan fingerprint density at radius 3 is 2.25 bits per heavy atom. The van der Waals surface area contributed by atoms with Gasteiger partial charge in [-0.05, 0) is 61.4 Å². The van der Waals surface area contributed by atoms with Crippen LogP contribution in [0.15, 0.2) is 53.5 Å². The number of hydrogen-bond acceptors (Lipinski definition) is 4. The molecule has 2 aliphatic rings. The van der Waals surface area contributed by atoms with Crippen LogP contribution in [0.4, 0.5) is 10.1 Å². The number of amides is 1. The van der Waals surface area contributed by atoms with E-state index in [0.717, 1.165) is 26.2 Å². The zero-order valence-corrected chi connectivity index (χ0v) is 18.6. The molecule has 0 radical (unpaired) electrons. The number of guanidine groups is 1. The van der Waals surface area contributed by atoms with Crippen molar-refractivity contribution in [3.05, 3.63) is 59.9 Å². The molecule has 1 aliphatic carbocycles. The van der Waals surface area contributed by atoms with Gasteiger partial charge in [0.1, 0.15) is 11.6 Å². The molecule has 6 nitrogen and oxygen atoms in total. The highest BCUT2D eigenvalue weighted by Crippen LogP contribution is 2.24. The standard InChI is InChI=1S/C25H31FN4O2/c1-32-23-13-7-19(8-14-23)24(31)28-25(27-21-11-9-20(26)10-12-21)30-17-15-29(16-18-30)22-5-3-2-4-6-22/h7-14,22H,2-6,15-18H2,1H3,(H,27,28,31). The molecule has 2 aromatic carbocycles. The topological polar surface area (TPSA) is 57.2 Å². The lowest BCUT2D eigenvalue weighted by Gasteiger charge is -2.41. The molecule has 1 aliphatic heterocycles. The van der Waals surface area contributed by atoms with Crippen molar-refractivity contribution in [1.82, 2.24) is 15.1 Å². The second-order valence-electron chi connectivity index (χ2n) is 8.41. The number of nitrogens with one attached hydrogen (secondary N) is 1. The van der Waals surface area contributed by atoms with E-state index in [-0.39, 0.29) is 11.7 Å². The number of ether oxygens (including phenoxy) is 1. The number of aliphatic imine (C=N–C) groups is 1. The van der Waals surface area contributed by atoms with E-state index in [9.17, 15) is 9.18 Å². The summed E-state index contributed by atoms with van der Waals surface area (Å²) in [6, 6.07) is 13.6. The van der Waals surface area contributed by atoms with Crippen molar-refractivity contribution >= 4 is 17.6 Å². The van der Waals surface area contributed by atoms with E-state index in [0.29, 0.717) is 29.0 Å². The van der Waals surface area contributed by atoms with Crippen molar-refractivity contribution in [2.75, 3.05) is 33.3 Å². The van der Waals surface area contributed by atoms with Gasteiger partial charge in [0.15, 0.2) is 0 Å². The Bertz CT molecular complexity index is 916. The number of hydrogen-bond donors (Lipinski definition) is 1. The molecule has 0 unspecified atom stereocenters. The van der Waals surface area contributed by atoms with Crippen LogP contribution in [-0.2, 0) is 0 Å². The minimum atomic E-state index is -0.311. The SMILES string of the molecule is COc1ccc(C(=O)NC(=Nc2ccc(F)cc2)N2CCN(C3CCCCC3)CC2)cc1. The number of methoxy groups -OCH3 is 1. The number of benzene rings is 2. The van der Waals surface area contributed by atoms with Gasteiger partial charge in [-0.2, -0.15) is 0 Å². The summed E-state index contributed by atoms with van der Waals surface area (Å²) in [4.78, 5) is 22.3. The fourth-order valence-electron chi connectivity index (χ4n) is 4.48. The molecule has 7 heteroatoms. The van der Waals surface area contributed by atoms with Crippen molar-refractivity contribution in [2.45, 2.75) is 38.1 Å². The van der Waals surface area contributed by atoms with Crippen LogP contribution in [-0.4, -0.2) is 61.0 Å². The van der Waals surface area contributed by atoms with Gasteiger partial charge < -0.3 is 9.64 Å². The van der Waals surface area contributed by atoms with E-state index in [1.54, 1.807) is 43.5 Å². The highest BCUT2D eigenvalue weighted by Gasteiger charge is 2.27. The van der Waals surface area contributed by atoms with Crippen molar-refractivity contribution in [1.29, 1.82) is 0 Å². The van der Waals surface area contributed by atoms with Crippen LogP contribution in [0.3, 0.4) is 0 Å². The van der Waals surface area contributed by atoms with Gasteiger partial charge in [-0.3, -0.25) is 15.0 Å². The van der Waals surface area contributed by atoms with E-state index < -0.39 is 0 Å². The van der Waals surface area contributed by atoms with Gasteiger partial charge in [-0.15, -0.1) is 0 Å². The van der Waals surface area contributed by atoms with Crippen molar-refractivity contribution in [3.63, 3.8) is 0 Å². The molecule has 1 saturated carbocycles. The van der Waals surface area contributed by atoms with Crippen LogP contribution in [0.1, 0.15) is 42.5 Å². The average Bonchev–Trinajstić information content (AvgIpc) is 2.85.